The lowest BCUT2D eigenvalue weighted by molar-refractivity contribution is -0.143. The van der Waals surface area contributed by atoms with Gasteiger partial charge in [-0.3, -0.25) is 10.1 Å². The number of piperidine rings is 1. The molecule has 110 valence electrons. The molecule has 0 amide bonds. The molecule has 0 saturated carbocycles. The largest absolute Gasteiger partial charge is 0.468 e. The zero-order valence-electron chi connectivity index (χ0n) is 12.1. The molecule has 2 rings (SSSR count). The van der Waals surface area contributed by atoms with Gasteiger partial charge in [0.1, 0.15) is 6.04 Å². The third-order valence-corrected chi connectivity index (χ3v) is 3.59. The van der Waals surface area contributed by atoms with Crippen LogP contribution >= 0.6 is 0 Å². The monoisotopic (exact) mass is 278 g/mol. The molecule has 1 saturated heterocycles. The van der Waals surface area contributed by atoms with Gasteiger partial charge in [-0.05, 0) is 25.3 Å². The predicted octanol–water partition coefficient (Wildman–Crippen LogP) is 0.987. The molecule has 0 radical (unpaired) electrons. The Morgan fingerprint density at radius 1 is 1.55 bits per heavy atom. The van der Waals surface area contributed by atoms with Gasteiger partial charge < -0.3 is 9.64 Å². The van der Waals surface area contributed by atoms with Gasteiger partial charge in [0, 0.05) is 31.5 Å². The lowest BCUT2D eigenvalue weighted by atomic mass is 10.0. The summed E-state index contributed by atoms with van der Waals surface area (Å²) < 4.78 is 4.82. The fourth-order valence-electron chi connectivity index (χ4n) is 2.53. The van der Waals surface area contributed by atoms with Crippen molar-refractivity contribution in [1.29, 1.82) is 0 Å². The predicted molar refractivity (Wildman–Crippen MR) is 76.5 cm³/mol. The van der Waals surface area contributed by atoms with Crippen molar-refractivity contribution in [3.8, 4) is 0 Å². The van der Waals surface area contributed by atoms with E-state index in [9.17, 15) is 4.79 Å². The first-order valence-electron chi connectivity index (χ1n) is 7.10. The second-order valence-corrected chi connectivity index (χ2v) is 4.98. The number of anilines is 1. The number of esters is 1. The summed E-state index contributed by atoms with van der Waals surface area (Å²) in [6.07, 6.45) is 6.35. The summed E-state index contributed by atoms with van der Waals surface area (Å²) >= 11 is 0. The van der Waals surface area contributed by atoms with Gasteiger partial charge in [0.25, 0.3) is 0 Å². The van der Waals surface area contributed by atoms with Gasteiger partial charge >= 0.3 is 5.97 Å². The number of ether oxygens (including phenoxy) is 1. The van der Waals surface area contributed by atoms with Crippen LogP contribution in [0, 0.1) is 0 Å². The summed E-state index contributed by atoms with van der Waals surface area (Å²) in [5, 5.41) is 3.38. The minimum Gasteiger partial charge on any atom is -0.468 e. The van der Waals surface area contributed by atoms with Gasteiger partial charge in [-0.25, -0.2) is 9.97 Å². The minimum absolute atomic E-state index is 0.194. The molecule has 0 aliphatic carbocycles. The quantitative estimate of drug-likeness (QED) is 0.810. The summed E-state index contributed by atoms with van der Waals surface area (Å²) in [6, 6.07) is 1.84. The molecule has 2 unspecified atom stereocenters. The highest BCUT2D eigenvalue weighted by atomic mass is 16.5. The lowest BCUT2D eigenvalue weighted by Crippen LogP contribution is -2.51. The average Bonchev–Trinajstić information content (AvgIpc) is 2.53. The van der Waals surface area contributed by atoms with Crippen LogP contribution in [-0.4, -0.2) is 48.2 Å². The minimum atomic E-state index is -0.235. The summed E-state index contributed by atoms with van der Waals surface area (Å²) in [6.45, 7) is 3.75. The molecule has 1 aliphatic rings. The van der Waals surface area contributed by atoms with E-state index in [1.807, 2.05) is 13.0 Å². The molecule has 1 aromatic rings. The fourth-order valence-corrected chi connectivity index (χ4v) is 2.53. The van der Waals surface area contributed by atoms with Gasteiger partial charge in [-0.1, -0.05) is 6.92 Å². The lowest BCUT2D eigenvalue weighted by Gasteiger charge is -2.34. The standard InChI is InChI=1S/C14H22N4O2/c1-3-12(13(19)20-2)17-11-6-4-9-18(10-11)14-15-7-5-8-16-14/h5,7-8,11-12,17H,3-4,6,9-10H2,1-2H3. The molecule has 1 fully saturated rings. The van der Waals surface area contributed by atoms with Crippen LogP contribution in [0.3, 0.4) is 0 Å². The highest BCUT2D eigenvalue weighted by Crippen LogP contribution is 2.16. The zero-order valence-corrected chi connectivity index (χ0v) is 12.1. The topological polar surface area (TPSA) is 67.3 Å². The number of nitrogens with one attached hydrogen (secondary N) is 1. The Morgan fingerprint density at radius 2 is 2.30 bits per heavy atom. The molecule has 1 aromatic heterocycles. The van der Waals surface area contributed by atoms with Crippen molar-refractivity contribution in [3.05, 3.63) is 18.5 Å². The molecule has 6 heteroatoms. The van der Waals surface area contributed by atoms with E-state index in [4.69, 9.17) is 4.74 Å². The number of aromatic nitrogens is 2. The number of carbonyl (C=O) groups excluding carboxylic acids is 1. The number of hydrogen-bond donors (Lipinski definition) is 1. The van der Waals surface area contributed by atoms with Crippen LogP contribution in [0.1, 0.15) is 26.2 Å². The van der Waals surface area contributed by atoms with E-state index in [0.717, 1.165) is 38.3 Å². The summed E-state index contributed by atoms with van der Waals surface area (Å²) in [5.74, 6) is 0.561. The molecule has 20 heavy (non-hydrogen) atoms. The first kappa shape index (κ1) is 14.7. The second-order valence-electron chi connectivity index (χ2n) is 4.98. The molecule has 0 aromatic carbocycles. The summed E-state index contributed by atoms with van der Waals surface area (Å²) in [7, 11) is 1.43. The molecule has 2 atom stereocenters. The van der Waals surface area contributed by atoms with E-state index in [2.05, 4.69) is 20.2 Å². The van der Waals surface area contributed by atoms with E-state index < -0.39 is 0 Å². The van der Waals surface area contributed by atoms with Crippen molar-refractivity contribution < 1.29 is 9.53 Å². The van der Waals surface area contributed by atoms with Gasteiger partial charge in [0.2, 0.25) is 5.95 Å². The maximum atomic E-state index is 11.6. The Kier molecular flexibility index (Phi) is 5.29. The maximum Gasteiger partial charge on any atom is 0.322 e. The number of methoxy groups -OCH3 is 1. The number of nitrogens with zero attached hydrogens (tertiary/aromatic N) is 3. The molecular formula is C14H22N4O2. The van der Waals surface area contributed by atoms with E-state index in [-0.39, 0.29) is 18.1 Å². The van der Waals surface area contributed by atoms with Crippen molar-refractivity contribution in [2.45, 2.75) is 38.3 Å². The van der Waals surface area contributed by atoms with E-state index in [1.54, 1.807) is 12.4 Å². The first-order valence-corrected chi connectivity index (χ1v) is 7.10. The van der Waals surface area contributed by atoms with Gasteiger partial charge in [0.05, 0.1) is 7.11 Å². The normalized spacial score (nSPS) is 20.5. The highest BCUT2D eigenvalue weighted by Gasteiger charge is 2.26. The van der Waals surface area contributed by atoms with Gasteiger partial charge in [-0.2, -0.15) is 0 Å². The van der Waals surface area contributed by atoms with Crippen molar-refractivity contribution in [2.24, 2.45) is 0 Å². The van der Waals surface area contributed by atoms with Crippen molar-refractivity contribution in [2.75, 3.05) is 25.1 Å². The van der Waals surface area contributed by atoms with Crippen LogP contribution in [0.25, 0.3) is 0 Å². The van der Waals surface area contributed by atoms with E-state index >= 15 is 0 Å². The second kappa shape index (κ2) is 7.19. The Bertz CT molecular complexity index is 426. The fraction of sp³-hybridized carbons (Fsp3) is 0.643. The van der Waals surface area contributed by atoms with Crippen LogP contribution in [0.15, 0.2) is 18.5 Å². The summed E-state index contributed by atoms with van der Waals surface area (Å²) in [5.41, 5.74) is 0. The van der Waals surface area contributed by atoms with Gasteiger partial charge in [0.15, 0.2) is 0 Å². The SMILES string of the molecule is CCC(NC1CCCN(c2ncccn2)C1)C(=O)OC. The van der Waals surface area contributed by atoms with E-state index in [1.165, 1.54) is 7.11 Å². The molecule has 0 bridgehead atoms. The molecule has 0 spiro atoms. The first-order chi connectivity index (χ1) is 9.74. The number of rotatable bonds is 5. The van der Waals surface area contributed by atoms with Crippen molar-refractivity contribution in [1.82, 2.24) is 15.3 Å². The van der Waals surface area contributed by atoms with Crippen LogP contribution < -0.4 is 10.2 Å². The van der Waals surface area contributed by atoms with Crippen molar-refractivity contribution >= 4 is 11.9 Å². The van der Waals surface area contributed by atoms with Crippen LogP contribution in [-0.2, 0) is 9.53 Å². The maximum absolute atomic E-state index is 11.6. The molecule has 1 N–H and O–H groups in total. The Labute approximate surface area is 119 Å². The average molecular weight is 278 g/mol. The van der Waals surface area contributed by atoms with Gasteiger partial charge in [-0.15, -0.1) is 0 Å². The van der Waals surface area contributed by atoms with Crippen molar-refractivity contribution in [3.63, 3.8) is 0 Å². The van der Waals surface area contributed by atoms with E-state index in [0.29, 0.717) is 0 Å². The Hall–Kier alpha value is -1.69. The molecule has 1 aliphatic heterocycles. The smallest absolute Gasteiger partial charge is 0.322 e. The Balaban J connectivity index is 1.95. The third kappa shape index (κ3) is 3.66. The van der Waals surface area contributed by atoms with Crippen LogP contribution in [0.4, 0.5) is 5.95 Å². The number of hydrogen-bond acceptors (Lipinski definition) is 6. The van der Waals surface area contributed by atoms with Crippen LogP contribution in [0.5, 0.6) is 0 Å². The molecular weight excluding hydrogens is 256 g/mol. The zero-order chi connectivity index (χ0) is 14.4. The number of carbonyl (C=O) groups is 1. The molecule has 6 nitrogen and oxygen atoms in total. The Morgan fingerprint density at radius 3 is 2.95 bits per heavy atom. The van der Waals surface area contributed by atoms with Crippen LogP contribution in [0.2, 0.25) is 0 Å². The highest BCUT2D eigenvalue weighted by molar-refractivity contribution is 5.75. The summed E-state index contributed by atoms with van der Waals surface area (Å²) in [4.78, 5) is 22.4. The molecule has 2 heterocycles. The third-order valence-electron chi connectivity index (χ3n) is 3.59.